The predicted octanol–water partition coefficient (Wildman–Crippen LogP) is 4.43. The van der Waals surface area contributed by atoms with Gasteiger partial charge in [-0.05, 0) is 50.7 Å². The molecule has 4 rings (SSSR count). The highest BCUT2D eigenvalue weighted by atomic mass is 79.9. The van der Waals surface area contributed by atoms with Crippen molar-refractivity contribution in [3.05, 3.63) is 82.2 Å². The molecule has 2 amide bonds. The summed E-state index contributed by atoms with van der Waals surface area (Å²) in [7, 11) is 0. The smallest absolute Gasteiger partial charge is 0.407 e. The molecule has 176 valence electrons. The number of rotatable bonds is 9. The molecule has 3 N–H and O–H groups in total. The number of aliphatic carboxylic acids is 1. The Morgan fingerprint density at radius 2 is 1.71 bits per heavy atom. The van der Waals surface area contributed by atoms with Gasteiger partial charge in [-0.25, -0.2) is 4.79 Å². The Morgan fingerprint density at radius 3 is 2.29 bits per heavy atom. The van der Waals surface area contributed by atoms with Crippen molar-refractivity contribution in [2.75, 3.05) is 6.61 Å². The molecule has 1 unspecified atom stereocenters. The number of hydrogen-bond donors (Lipinski definition) is 3. The van der Waals surface area contributed by atoms with Crippen LogP contribution in [0.15, 0.2) is 69.9 Å². The van der Waals surface area contributed by atoms with Gasteiger partial charge in [0.05, 0.1) is 6.26 Å². The van der Waals surface area contributed by atoms with Crippen LogP contribution in [0.1, 0.15) is 35.4 Å². The van der Waals surface area contributed by atoms with Crippen molar-refractivity contribution in [1.29, 1.82) is 0 Å². The molecule has 0 bridgehead atoms. The van der Waals surface area contributed by atoms with E-state index in [0.717, 1.165) is 27.8 Å². The molecule has 1 aliphatic rings. The van der Waals surface area contributed by atoms with Gasteiger partial charge >= 0.3 is 12.1 Å². The first-order valence-electron chi connectivity index (χ1n) is 10.8. The Balaban J connectivity index is 1.38. The first kappa shape index (κ1) is 23.6. The van der Waals surface area contributed by atoms with E-state index in [1.54, 1.807) is 6.07 Å². The van der Waals surface area contributed by atoms with Crippen molar-refractivity contribution in [3.63, 3.8) is 0 Å². The third-order valence-electron chi connectivity index (χ3n) is 5.69. The number of fused-ring (bicyclic) bond motifs is 3. The second kappa shape index (κ2) is 10.6. The molecule has 1 aliphatic carbocycles. The third kappa shape index (κ3) is 5.48. The zero-order chi connectivity index (χ0) is 24.1. The highest BCUT2D eigenvalue weighted by Gasteiger charge is 2.30. The summed E-state index contributed by atoms with van der Waals surface area (Å²) < 4.78 is 11.1. The third-order valence-corrected chi connectivity index (χ3v) is 6.10. The van der Waals surface area contributed by atoms with Gasteiger partial charge in [0.1, 0.15) is 12.6 Å². The van der Waals surface area contributed by atoms with Crippen LogP contribution >= 0.6 is 15.9 Å². The number of alkyl carbamates (subject to hydrolysis) is 1. The van der Waals surface area contributed by atoms with Crippen molar-refractivity contribution in [1.82, 2.24) is 10.6 Å². The molecule has 2 aromatic carbocycles. The molecule has 1 aromatic heterocycles. The van der Waals surface area contributed by atoms with E-state index < -0.39 is 24.0 Å². The molecule has 0 spiro atoms. The van der Waals surface area contributed by atoms with Crippen LogP contribution in [0.5, 0.6) is 0 Å². The summed E-state index contributed by atoms with van der Waals surface area (Å²) in [5.74, 6) is -1.69. The summed E-state index contributed by atoms with van der Waals surface area (Å²) >= 11 is 3.19. The second-order valence-electron chi connectivity index (χ2n) is 7.93. The minimum absolute atomic E-state index is 0.0690. The van der Waals surface area contributed by atoms with Gasteiger partial charge in [-0.2, -0.15) is 0 Å². The number of carboxylic acid groups (broad SMARTS) is 1. The predicted molar refractivity (Wildman–Crippen MR) is 127 cm³/mol. The minimum Gasteiger partial charge on any atom is -0.481 e. The lowest BCUT2D eigenvalue weighted by atomic mass is 9.98. The number of carbonyl (C=O) groups is 3. The van der Waals surface area contributed by atoms with Gasteiger partial charge in [-0.1, -0.05) is 48.5 Å². The molecule has 0 fully saturated rings. The summed E-state index contributed by atoms with van der Waals surface area (Å²) in [6, 6.07) is 16.6. The Hall–Kier alpha value is -3.59. The van der Waals surface area contributed by atoms with E-state index in [1.165, 1.54) is 6.26 Å². The Bertz CT molecular complexity index is 1160. The zero-order valence-electron chi connectivity index (χ0n) is 18.1. The molecule has 8 nitrogen and oxygen atoms in total. The molecule has 0 radical (unpaired) electrons. The minimum atomic E-state index is -1.06. The molecular formula is C25H23BrN2O6. The Kier molecular flexibility index (Phi) is 7.32. The first-order valence-corrected chi connectivity index (χ1v) is 11.6. The van der Waals surface area contributed by atoms with Gasteiger partial charge in [0.15, 0.2) is 4.67 Å². The lowest BCUT2D eigenvalue weighted by molar-refractivity contribution is -0.137. The van der Waals surface area contributed by atoms with Gasteiger partial charge in [-0.15, -0.1) is 0 Å². The number of halogens is 1. The molecule has 9 heteroatoms. The fourth-order valence-corrected chi connectivity index (χ4v) is 4.46. The van der Waals surface area contributed by atoms with Crippen molar-refractivity contribution >= 4 is 33.9 Å². The topological polar surface area (TPSA) is 118 Å². The van der Waals surface area contributed by atoms with Gasteiger partial charge in [0.25, 0.3) is 0 Å². The number of hydrogen-bond acceptors (Lipinski definition) is 5. The van der Waals surface area contributed by atoms with Crippen LogP contribution < -0.4 is 10.6 Å². The largest absolute Gasteiger partial charge is 0.481 e. The van der Waals surface area contributed by atoms with Gasteiger partial charge in [0, 0.05) is 24.4 Å². The summed E-state index contributed by atoms with van der Waals surface area (Å²) in [6.07, 6.45) is 0.355. The van der Waals surface area contributed by atoms with E-state index in [2.05, 4.69) is 26.6 Å². The lowest BCUT2D eigenvalue weighted by Gasteiger charge is -2.19. The monoisotopic (exact) mass is 526 g/mol. The molecule has 0 saturated heterocycles. The van der Waals surface area contributed by atoms with E-state index in [4.69, 9.17) is 14.3 Å². The van der Waals surface area contributed by atoms with Gasteiger partial charge < -0.3 is 24.9 Å². The number of carboxylic acids is 1. The van der Waals surface area contributed by atoms with Crippen molar-refractivity contribution in [2.45, 2.75) is 31.3 Å². The van der Waals surface area contributed by atoms with E-state index in [9.17, 15) is 14.4 Å². The first-order chi connectivity index (χ1) is 16.4. The second-order valence-corrected chi connectivity index (χ2v) is 8.71. The van der Waals surface area contributed by atoms with Crippen LogP contribution in [0.3, 0.4) is 0 Å². The standard InChI is InChI=1S/C25H23BrN2O6/c26-22-11-15(13-33-22)12-27-24(31)21(9-10-23(29)30)28-25(32)34-14-20-18-7-3-1-5-16(18)17-6-2-4-8-19(17)20/h1-8,11,13,20-21H,9-10,12,14H2,(H,27,31)(H,28,32)(H,29,30). The lowest BCUT2D eigenvalue weighted by Crippen LogP contribution is -2.47. The number of benzene rings is 2. The normalized spacial score (nSPS) is 13.0. The van der Waals surface area contributed by atoms with Crippen LogP contribution in [-0.2, 0) is 20.9 Å². The average Bonchev–Trinajstić information content (AvgIpc) is 3.39. The highest BCUT2D eigenvalue weighted by Crippen LogP contribution is 2.44. The fourth-order valence-electron chi connectivity index (χ4n) is 4.07. The highest BCUT2D eigenvalue weighted by molar-refractivity contribution is 9.10. The van der Waals surface area contributed by atoms with Crippen LogP contribution in [-0.4, -0.2) is 35.7 Å². The van der Waals surface area contributed by atoms with E-state index in [1.807, 2.05) is 48.5 Å². The number of amides is 2. The van der Waals surface area contributed by atoms with Gasteiger partial charge in [0.2, 0.25) is 5.91 Å². The number of furan rings is 1. The maximum Gasteiger partial charge on any atom is 0.407 e. The number of nitrogens with one attached hydrogen (secondary N) is 2. The van der Waals surface area contributed by atoms with E-state index in [-0.39, 0.29) is 31.9 Å². The Morgan fingerprint density at radius 1 is 1.06 bits per heavy atom. The van der Waals surface area contributed by atoms with Crippen molar-refractivity contribution in [3.8, 4) is 11.1 Å². The molecule has 3 aromatic rings. The summed E-state index contributed by atoms with van der Waals surface area (Å²) in [4.78, 5) is 36.3. The SMILES string of the molecule is O=C(O)CCC(NC(=O)OCC1c2ccccc2-c2ccccc21)C(=O)NCc1coc(Br)c1. The molecule has 0 aliphatic heterocycles. The average molecular weight is 527 g/mol. The Labute approximate surface area is 204 Å². The summed E-state index contributed by atoms with van der Waals surface area (Å²) in [5, 5.41) is 14.2. The summed E-state index contributed by atoms with van der Waals surface area (Å²) in [6.45, 7) is 0.264. The molecule has 1 atom stereocenters. The molecule has 0 saturated carbocycles. The summed E-state index contributed by atoms with van der Waals surface area (Å²) in [5.41, 5.74) is 5.08. The fraction of sp³-hybridized carbons (Fsp3) is 0.240. The molecule has 1 heterocycles. The van der Waals surface area contributed by atoms with Crippen molar-refractivity contribution < 1.29 is 28.6 Å². The van der Waals surface area contributed by atoms with Crippen LogP contribution in [0.2, 0.25) is 0 Å². The van der Waals surface area contributed by atoms with Gasteiger partial charge in [-0.3, -0.25) is 9.59 Å². The molecule has 34 heavy (non-hydrogen) atoms. The van der Waals surface area contributed by atoms with Crippen molar-refractivity contribution in [2.24, 2.45) is 0 Å². The molecular weight excluding hydrogens is 504 g/mol. The quantitative estimate of drug-likeness (QED) is 0.379. The van der Waals surface area contributed by atoms with Crippen LogP contribution in [0.4, 0.5) is 4.79 Å². The number of ether oxygens (including phenoxy) is 1. The number of carbonyl (C=O) groups excluding carboxylic acids is 2. The van der Waals surface area contributed by atoms with E-state index in [0.29, 0.717) is 4.67 Å². The zero-order valence-corrected chi connectivity index (χ0v) is 19.7. The maximum absolute atomic E-state index is 12.6. The van der Waals surface area contributed by atoms with Crippen LogP contribution in [0.25, 0.3) is 11.1 Å². The van der Waals surface area contributed by atoms with E-state index >= 15 is 0 Å². The van der Waals surface area contributed by atoms with Crippen LogP contribution in [0, 0.1) is 0 Å². The maximum atomic E-state index is 12.6.